The predicted octanol–water partition coefficient (Wildman–Crippen LogP) is 2.33. The van der Waals surface area contributed by atoms with E-state index >= 15 is 0 Å². The van der Waals surface area contributed by atoms with Gasteiger partial charge in [0.15, 0.2) is 4.67 Å². The van der Waals surface area contributed by atoms with E-state index in [4.69, 9.17) is 10.2 Å². The van der Waals surface area contributed by atoms with E-state index in [-0.39, 0.29) is 16.1 Å². The van der Waals surface area contributed by atoms with E-state index < -0.39 is 10.0 Å². The predicted molar refractivity (Wildman–Crippen MR) is 84.4 cm³/mol. The topological polar surface area (TPSA) is 85.3 Å². The number of furan rings is 1. The summed E-state index contributed by atoms with van der Waals surface area (Å²) in [5.41, 5.74) is 7.70. The van der Waals surface area contributed by atoms with E-state index in [1.807, 2.05) is 31.2 Å². The van der Waals surface area contributed by atoms with E-state index in [0.717, 1.165) is 11.1 Å². The largest absolute Gasteiger partial charge is 0.452 e. The number of hydrogen-bond donors (Lipinski definition) is 2. The maximum Gasteiger partial charge on any atom is 0.244 e. The van der Waals surface area contributed by atoms with Crippen molar-refractivity contribution in [2.24, 2.45) is 5.73 Å². The third-order valence-electron chi connectivity index (χ3n) is 3.14. The number of rotatable bonds is 6. The van der Waals surface area contributed by atoms with Gasteiger partial charge in [-0.2, -0.15) is 0 Å². The minimum atomic E-state index is -3.61. The molecule has 1 aromatic heterocycles. The maximum atomic E-state index is 12.2. The highest BCUT2D eigenvalue weighted by Gasteiger charge is 2.21. The molecule has 0 unspecified atom stereocenters. The lowest BCUT2D eigenvalue weighted by atomic mass is 10.1. The Morgan fingerprint density at radius 1 is 1.33 bits per heavy atom. The molecule has 0 atom stereocenters. The molecule has 7 heteroatoms. The van der Waals surface area contributed by atoms with Crippen LogP contribution in [0.1, 0.15) is 16.9 Å². The lowest BCUT2D eigenvalue weighted by Gasteiger charge is -2.07. The first-order chi connectivity index (χ1) is 9.94. The Kier molecular flexibility index (Phi) is 5.21. The second-order valence-corrected chi connectivity index (χ2v) is 7.08. The summed E-state index contributed by atoms with van der Waals surface area (Å²) >= 11 is 3.10. The van der Waals surface area contributed by atoms with Crippen LogP contribution in [0.5, 0.6) is 0 Å². The molecule has 0 aliphatic rings. The molecule has 1 aromatic carbocycles. The molecule has 0 spiro atoms. The first-order valence-corrected chi connectivity index (χ1v) is 8.74. The average molecular weight is 373 g/mol. The Hall–Kier alpha value is -1.15. The first kappa shape index (κ1) is 16.2. The molecule has 2 aromatic rings. The van der Waals surface area contributed by atoms with Gasteiger partial charge in [-0.15, -0.1) is 0 Å². The summed E-state index contributed by atoms with van der Waals surface area (Å²) in [6.07, 6.45) is 0.630. The smallest absolute Gasteiger partial charge is 0.244 e. The number of hydrogen-bond acceptors (Lipinski definition) is 4. The Bertz CT molecular complexity index is 726. The first-order valence-electron chi connectivity index (χ1n) is 6.46. The fourth-order valence-electron chi connectivity index (χ4n) is 1.97. The molecule has 114 valence electrons. The molecule has 0 amide bonds. The van der Waals surface area contributed by atoms with Gasteiger partial charge in [-0.3, -0.25) is 0 Å². The van der Waals surface area contributed by atoms with Gasteiger partial charge in [0.25, 0.3) is 0 Å². The summed E-state index contributed by atoms with van der Waals surface area (Å²) in [6, 6.07) is 9.32. The summed E-state index contributed by atoms with van der Waals surface area (Å²) in [5, 5.41) is 0. The van der Waals surface area contributed by atoms with Crippen molar-refractivity contribution in [2.45, 2.75) is 24.8 Å². The molecule has 2 rings (SSSR count). The van der Waals surface area contributed by atoms with Crippen molar-refractivity contribution in [3.63, 3.8) is 0 Å². The van der Waals surface area contributed by atoms with Crippen LogP contribution in [0.2, 0.25) is 0 Å². The molecule has 0 saturated heterocycles. The van der Waals surface area contributed by atoms with Crippen LogP contribution in [0.15, 0.2) is 44.3 Å². The van der Waals surface area contributed by atoms with Gasteiger partial charge in [0.05, 0.1) is 6.54 Å². The standard InChI is InChI=1S/C14H17BrN2O3S/c1-10-4-2-3-5-11(10)6-7-17-21(18,19)13-8-12(9-16)20-14(13)15/h2-5,8,17H,6-7,9,16H2,1H3. The lowest BCUT2D eigenvalue weighted by molar-refractivity contribution is 0.483. The maximum absolute atomic E-state index is 12.2. The van der Waals surface area contributed by atoms with Crippen LogP contribution in [-0.2, 0) is 23.0 Å². The number of aryl methyl sites for hydroxylation is 1. The second-order valence-electron chi connectivity index (χ2n) is 4.63. The van der Waals surface area contributed by atoms with Crippen molar-refractivity contribution in [1.82, 2.24) is 4.72 Å². The van der Waals surface area contributed by atoms with Crippen molar-refractivity contribution in [2.75, 3.05) is 6.54 Å². The number of nitrogens with one attached hydrogen (secondary N) is 1. The van der Waals surface area contributed by atoms with Crippen LogP contribution in [0.25, 0.3) is 0 Å². The molecule has 0 aliphatic carbocycles. The minimum Gasteiger partial charge on any atom is -0.452 e. The SMILES string of the molecule is Cc1ccccc1CCNS(=O)(=O)c1cc(CN)oc1Br. The third-order valence-corrected chi connectivity index (χ3v) is 5.46. The Labute approximate surface area is 132 Å². The van der Waals surface area contributed by atoms with Gasteiger partial charge in [0.1, 0.15) is 10.7 Å². The Morgan fingerprint density at radius 2 is 2.05 bits per heavy atom. The molecule has 0 saturated carbocycles. The van der Waals surface area contributed by atoms with Crippen LogP contribution >= 0.6 is 15.9 Å². The van der Waals surface area contributed by atoms with Crippen LogP contribution in [-0.4, -0.2) is 15.0 Å². The minimum absolute atomic E-state index is 0.0766. The summed E-state index contributed by atoms with van der Waals surface area (Å²) in [6.45, 7) is 2.48. The highest BCUT2D eigenvalue weighted by atomic mass is 79.9. The van der Waals surface area contributed by atoms with Crippen molar-refractivity contribution in [3.05, 3.63) is 51.9 Å². The van der Waals surface area contributed by atoms with Gasteiger partial charge in [0.2, 0.25) is 10.0 Å². The number of nitrogens with two attached hydrogens (primary N) is 1. The molecular weight excluding hydrogens is 356 g/mol. The number of sulfonamides is 1. The molecule has 3 N–H and O–H groups in total. The molecule has 0 aliphatic heterocycles. The monoisotopic (exact) mass is 372 g/mol. The van der Waals surface area contributed by atoms with Crippen LogP contribution in [0.4, 0.5) is 0 Å². The zero-order valence-corrected chi connectivity index (χ0v) is 14.0. The third kappa shape index (κ3) is 3.94. The van der Waals surface area contributed by atoms with Gasteiger partial charge >= 0.3 is 0 Å². The van der Waals surface area contributed by atoms with Crippen LogP contribution in [0, 0.1) is 6.92 Å². The van der Waals surface area contributed by atoms with Gasteiger partial charge in [-0.1, -0.05) is 24.3 Å². The second kappa shape index (κ2) is 6.74. The normalized spacial score (nSPS) is 11.8. The van der Waals surface area contributed by atoms with E-state index in [1.54, 1.807) is 0 Å². The molecule has 0 bridgehead atoms. The highest BCUT2D eigenvalue weighted by molar-refractivity contribution is 9.10. The van der Waals surface area contributed by atoms with Gasteiger partial charge < -0.3 is 10.2 Å². The van der Waals surface area contributed by atoms with E-state index in [9.17, 15) is 8.42 Å². The molecular formula is C14H17BrN2O3S. The van der Waals surface area contributed by atoms with Crippen molar-refractivity contribution >= 4 is 26.0 Å². The van der Waals surface area contributed by atoms with Crippen molar-refractivity contribution in [1.29, 1.82) is 0 Å². The molecule has 1 heterocycles. The van der Waals surface area contributed by atoms with E-state index in [1.165, 1.54) is 6.07 Å². The van der Waals surface area contributed by atoms with Gasteiger partial charge in [-0.05, 0) is 40.4 Å². The highest BCUT2D eigenvalue weighted by Crippen LogP contribution is 2.25. The quantitative estimate of drug-likeness (QED) is 0.814. The van der Waals surface area contributed by atoms with Crippen LogP contribution in [0.3, 0.4) is 0 Å². The molecule has 5 nitrogen and oxygen atoms in total. The zero-order chi connectivity index (χ0) is 15.5. The molecule has 0 fully saturated rings. The van der Waals surface area contributed by atoms with Crippen molar-refractivity contribution < 1.29 is 12.8 Å². The Balaban J connectivity index is 2.05. The zero-order valence-electron chi connectivity index (χ0n) is 11.6. The van der Waals surface area contributed by atoms with Crippen LogP contribution < -0.4 is 10.5 Å². The summed E-state index contributed by atoms with van der Waals surface area (Å²) in [5.74, 6) is 0.418. The number of halogens is 1. The fourth-order valence-corrected chi connectivity index (χ4v) is 4.00. The molecule has 0 radical (unpaired) electrons. The van der Waals surface area contributed by atoms with Crippen molar-refractivity contribution in [3.8, 4) is 0 Å². The van der Waals surface area contributed by atoms with Gasteiger partial charge in [-0.25, -0.2) is 13.1 Å². The average Bonchev–Trinajstić information content (AvgIpc) is 2.83. The number of benzene rings is 1. The van der Waals surface area contributed by atoms with E-state index in [2.05, 4.69) is 20.7 Å². The summed E-state index contributed by atoms with van der Waals surface area (Å²) in [7, 11) is -3.61. The van der Waals surface area contributed by atoms with E-state index in [0.29, 0.717) is 18.7 Å². The summed E-state index contributed by atoms with van der Waals surface area (Å²) in [4.78, 5) is 0.0766. The summed E-state index contributed by atoms with van der Waals surface area (Å²) < 4.78 is 32.4. The molecule has 21 heavy (non-hydrogen) atoms. The van der Waals surface area contributed by atoms with Gasteiger partial charge in [0, 0.05) is 12.6 Å². The lowest BCUT2D eigenvalue weighted by Crippen LogP contribution is -2.26. The fraction of sp³-hybridized carbons (Fsp3) is 0.286. The Morgan fingerprint density at radius 3 is 2.67 bits per heavy atom.